The Bertz CT molecular complexity index is 1230. The van der Waals surface area contributed by atoms with Gasteiger partial charge < -0.3 is 30.5 Å². The number of phenols is 1. The highest BCUT2D eigenvalue weighted by molar-refractivity contribution is 5.98. The van der Waals surface area contributed by atoms with Gasteiger partial charge in [0, 0.05) is 24.6 Å². The molecular formula is C29H38N2O7. The first kappa shape index (κ1) is 25.5. The zero-order chi connectivity index (χ0) is 25.7. The number of likely N-dealkylation sites (tertiary alicyclic amines) is 1. The van der Waals surface area contributed by atoms with Crippen molar-refractivity contribution in [3.05, 3.63) is 34.6 Å². The molecular weight excluding hydrogens is 488 g/mol. The molecule has 206 valence electrons. The van der Waals surface area contributed by atoms with Crippen LogP contribution in [-0.4, -0.2) is 73.6 Å². The van der Waals surface area contributed by atoms with Crippen LogP contribution in [0.2, 0.25) is 0 Å². The minimum Gasteiger partial charge on any atom is -0.508 e. The molecule has 2 aliphatic heterocycles. The summed E-state index contributed by atoms with van der Waals surface area (Å²) in [6.45, 7) is 1.61. The van der Waals surface area contributed by atoms with Gasteiger partial charge in [-0.25, -0.2) is 4.79 Å². The van der Waals surface area contributed by atoms with Crippen LogP contribution in [0.4, 0.5) is 0 Å². The number of carbonyl (C=O) groups excluding carboxylic acids is 1. The molecule has 0 unspecified atom stereocenters. The second-order valence-corrected chi connectivity index (χ2v) is 12.2. The Hall–Kier alpha value is -2.78. The Morgan fingerprint density at radius 2 is 1.84 bits per heavy atom. The van der Waals surface area contributed by atoms with Gasteiger partial charge in [0.2, 0.25) is 0 Å². The second kappa shape index (κ2) is 8.36. The summed E-state index contributed by atoms with van der Waals surface area (Å²) in [5.74, 6) is -1.16. The fourth-order valence-corrected chi connectivity index (χ4v) is 8.21. The molecule has 4 aliphatic carbocycles. The summed E-state index contributed by atoms with van der Waals surface area (Å²) in [7, 11) is 0. The van der Waals surface area contributed by atoms with Crippen molar-refractivity contribution >= 4 is 11.9 Å². The number of nitrogens with zero attached hydrogens (tertiary/aromatic N) is 1. The van der Waals surface area contributed by atoms with Crippen LogP contribution in [0, 0.1) is 5.92 Å². The number of aromatic hydroxyl groups is 1. The molecule has 2 bridgehead atoms. The molecule has 4 atom stereocenters. The monoisotopic (exact) mass is 526 g/mol. The van der Waals surface area contributed by atoms with Crippen molar-refractivity contribution in [2.24, 2.45) is 5.92 Å². The quantitative estimate of drug-likeness (QED) is 0.395. The molecule has 2 saturated carbocycles. The summed E-state index contributed by atoms with van der Waals surface area (Å²) < 4.78 is 6.23. The van der Waals surface area contributed by atoms with Crippen LogP contribution < -0.4 is 10.1 Å². The number of rotatable bonds is 5. The normalized spacial score (nSPS) is 34.6. The van der Waals surface area contributed by atoms with Gasteiger partial charge in [-0.1, -0.05) is 32.8 Å². The summed E-state index contributed by atoms with van der Waals surface area (Å²) in [6, 6.07) is 3.20. The van der Waals surface area contributed by atoms with E-state index in [9.17, 15) is 30.0 Å². The van der Waals surface area contributed by atoms with E-state index >= 15 is 0 Å². The predicted molar refractivity (Wildman–Crippen MR) is 138 cm³/mol. The maximum atomic E-state index is 13.7. The fraction of sp³-hybridized carbons (Fsp3) is 0.655. The highest BCUT2D eigenvalue weighted by Gasteiger charge is 2.73. The van der Waals surface area contributed by atoms with Gasteiger partial charge in [0.25, 0.3) is 5.91 Å². The van der Waals surface area contributed by atoms with Gasteiger partial charge in [0.15, 0.2) is 17.6 Å². The van der Waals surface area contributed by atoms with E-state index in [-0.39, 0.29) is 42.7 Å². The molecule has 38 heavy (non-hydrogen) atoms. The van der Waals surface area contributed by atoms with Crippen molar-refractivity contribution < 1.29 is 34.8 Å². The van der Waals surface area contributed by atoms with Gasteiger partial charge in [0.1, 0.15) is 11.3 Å². The number of nitrogens with one attached hydrogen (secondary N) is 1. The van der Waals surface area contributed by atoms with E-state index in [0.717, 1.165) is 30.6 Å². The third-order valence-electron chi connectivity index (χ3n) is 10.3. The van der Waals surface area contributed by atoms with Crippen molar-refractivity contribution in [3.8, 4) is 11.5 Å². The SMILES string of the molecule is C.O=C(NC1(C(=O)O)CCCCC1)C1=C(O)[C@@H]2Oc3c(O)ccc4c3[C@@]23CCN(CC2CC2)[C@H](C4)[C@]3(O)C1. The zero-order valence-electron chi connectivity index (χ0n) is 20.8. The largest absolute Gasteiger partial charge is 0.508 e. The van der Waals surface area contributed by atoms with Gasteiger partial charge >= 0.3 is 5.97 Å². The van der Waals surface area contributed by atoms with Gasteiger partial charge in [-0.3, -0.25) is 9.69 Å². The topological polar surface area (TPSA) is 140 Å². The van der Waals surface area contributed by atoms with Gasteiger partial charge in [-0.15, -0.1) is 0 Å². The van der Waals surface area contributed by atoms with Crippen molar-refractivity contribution in [1.29, 1.82) is 0 Å². The third kappa shape index (κ3) is 3.18. The Kier molecular flexibility index (Phi) is 5.61. The van der Waals surface area contributed by atoms with E-state index in [0.29, 0.717) is 44.4 Å². The number of aliphatic hydroxyl groups excluding tert-OH is 1. The molecule has 3 fully saturated rings. The lowest BCUT2D eigenvalue weighted by Gasteiger charge is -2.62. The maximum absolute atomic E-state index is 13.7. The number of hydrogen-bond acceptors (Lipinski definition) is 7. The standard InChI is InChI=1S/C28H34N2O7.CH4/c31-18-7-6-16-12-19-28(36)13-17(24(33)29-26(25(34)35)8-2-1-3-9-26)21(32)23-27(28,20(16)22(18)37-23)10-11-30(19)14-15-4-5-15;/h6-7,15,19,23,31-32,36H,1-5,8-14H2,(H,29,33)(H,34,35);1H4/t19-,23+,27+,28-;/m1./s1. The van der Waals surface area contributed by atoms with Crippen LogP contribution in [0.15, 0.2) is 23.5 Å². The lowest BCUT2D eigenvalue weighted by Crippen LogP contribution is -2.76. The van der Waals surface area contributed by atoms with Crippen molar-refractivity contribution in [2.75, 3.05) is 13.1 Å². The van der Waals surface area contributed by atoms with Crippen LogP contribution >= 0.6 is 0 Å². The summed E-state index contributed by atoms with van der Waals surface area (Å²) in [6.07, 6.45) is 5.30. The minimum absolute atomic E-state index is 0. The average Bonchev–Trinajstić information content (AvgIpc) is 3.61. The van der Waals surface area contributed by atoms with Crippen molar-refractivity contribution in [2.45, 2.75) is 100 Å². The second-order valence-electron chi connectivity index (χ2n) is 12.2. The van der Waals surface area contributed by atoms with Crippen molar-refractivity contribution in [1.82, 2.24) is 10.2 Å². The number of carboxylic acids is 1. The highest BCUT2D eigenvalue weighted by Crippen LogP contribution is 2.66. The number of aliphatic hydroxyl groups is 2. The number of hydrogen-bond donors (Lipinski definition) is 5. The summed E-state index contributed by atoms with van der Waals surface area (Å²) >= 11 is 0. The van der Waals surface area contributed by atoms with Crippen LogP contribution in [0.1, 0.15) is 76.3 Å². The molecule has 1 amide bonds. The van der Waals surface area contributed by atoms with E-state index in [1.165, 1.54) is 12.8 Å². The average molecular weight is 527 g/mol. The summed E-state index contributed by atoms with van der Waals surface area (Å²) in [4.78, 5) is 28.3. The number of amides is 1. The van der Waals surface area contributed by atoms with E-state index in [1.807, 2.05) is 6.07 Å². The highest BCUT2D eigenvalue weighted by atomic mass is 16.5. The molecule has 1 saturated heterocycles. The van der Waals surface area contributed by atoms with Gasteiger partial charge in [-0.2, -0.15) is 0 Å². The fourth-order valence-electron chi connectivity index (χ4n) is 8.21. The molecule has 1 aromatic carbocycles. The summed E-state index contributed by atoms with van der Waals surface area (Å²) in [5, 5.41) is 47.7. The van der Waals surface area contributed by atoms with E-state index in [4.69, 9.17) is 4.74 Å². The minimum atomic E-state index is -1.42. The van der Waals surface area contributed by atoms with E-state index in [1.54, 1.807) is 6.07 Å². The molecule has 9 nitrogen and oxygen atoms in total. The summed E-state index contributed by atoms with van der Waals surface area (Å²) in [5.41, 5.74) is -2.04. The first-order valence-electron chi connectivity index (χ1n) is 13.7. The van der Waals surface area contributed by atoms with Crippen LogP contribution in [0.5, 0.6) is 11.5 Å². The van der Waals surface area contributed by atoms with Crippen molar-refractivity contribution in [3.63, 3.8) is 0 Å². The molecule has 9 heteroatoms. The van der Waals surface area contributed by atoms with Crippen LogP contribution in [0.3, 0.4) is 0 Å². The maximum Gasteiger partial charge on any atom is 0.329 e. The molecule has 7 rings (SSSR count). The Morgan fingerprint density at radius 1 is 1.11 bits per heavy atom. The first-order valence-corrected chi connectivity index (χ1v) is 13.7. The molecule has 0 aromatic heterocycles. The van der Waals surface area contributed by atoms with Gasteiger partial charge in [-0.05, 0) is 62.6 Å². The third-order valence-corrected chi connectivity index (χ3v) is 10.3. The number of phenolic OH excluding ortho intramolecular Hbond substituents is 1. The smallest absolute Gasteiger partial charge is 0.329 e. The van der Waals surface area contributed by atoms with E-state index < -0.39 is 34.5 Å². The first-order chi connectivity index (χ1) is 17.7. The number of carbonyl (C=O) groups is 2. The lowest BCUT2D eigenvalue weighted by molar-refractivity contribution is -0.173. The van der Waals surface area contributed by atoms with Crippen LogP contribution in [0.25, 0.3) is 0 Å². The Balaban J connectivity index is 0.00000264. The Morgan fingerprint density at radius 3 is 2.53 bits per heavy atom. The number of aliphatic carboxylic acids is 1. The van der Waals surface area contributed by atoms with Crippen LogP contribution in [-0.2, 0) is 21.4 Å². The molecule has 1 spiro atoms. The number of ether oxygens (including phenoxy) is 1. The number of carboxylic acid groups (broad SMARTS) is 1. The number of piperidine rings is 1. The molecule has 1 aromatic rings. The molecule has 6 aliphatic rings. The zero-order valence-corrected chi connectivity index (χ0v) is 20.8. The molecule has 2 heterocycles. The Labute approximate surface area is 222 Å². The predicted octanol–water partition coefficient (Wildman–Crippen LogP) is 2.92. The molecule has 0 radical (unpaired) electrons. The lowest BCUT2D eigenvalue weighted by atomic mass is 9.49. The van der Waals surface area contributed by atoms with Gasteiger partial charge in [0.05, 0.1) is 16.6 Å². The molecule has 5 N–H and O–H groups in total. The van der Waals surface area contributed by atoms with E-state index in [2.05, 4.69) is 10.2 Å². The number of benzene rings is 1.